The quantitative estimate of drug-likeness (QED) is 0.546. The van der Waals surface area contributed by atoms with Gasteiger partial charge in [0, 0.05) is 11.6 Å². The van der Waals surface area contributed by atoms with E-state index in [2.05, 4.69) is 15.9 Å². The second kappa shape index (κ2) is 8.05. The molecule has 4 heteroatoms. The van der Waals surface area contributed by atoms with Gasteiger partial charge in [0.05, 0.1) is 9.50 Å². The molecule has 1 unspecified atom stereocenters. The van der Waals surface area contributed by atoms with Crippen molar-refractivity contribution in [1.82, 2.24) is 0 Å². The summed E-state index contributed by atoms with van der Waals surface area (Å²) in [6, 6.07) is 21.2. The van der Waals surface area contributed by atoms with E-state index in [0.717, 1.165) is 21.2 Å². The Balaban J connectivity index is 1.81. The van der Waals surface area contributed by atoms with Crippen molar-refractivity contribution in [2.75, 3.05) is 0 Å². The van der Waals surface area contributed by atoms with Crippen molar-refractivity contribution < 1.29 is 9.84 Å². The van der Waals surface area contributed by atoms with E-state index in [-0.39, 0.29) is 0 Å². The number of aliphatic hydroxyl groups is 1. The number of aliphatic hydroxyl groups excluding tert-OH is 1. The van der Waals surface area contributed by atoms with Crippen LogP contribution in [0.15, 0.2) is 71.2 Å². The summed E-state index contributed by atoms with van der Waals surface area (Å²) in [5.41, 5.74) is 3.67. The third kappa shape index (κ3) is 4.43. The molecule has 0 aromatic heterocycles. The summed E-state index contributed by atoms with van der Waals surface area (Å²) in [4.78, 5) is 0. The molecule has 3 rings (SSSR count). The number of hydrogen-bond acceptors (Lipinski definition) is 2. The first-order valence-corrected chi connectivity index (χ1v) is 9.12. The first-order valence-electron chi connectivity index (χ1n) is 7.95. The Labute approximate surface area is 161 Å². The van der Waals surface area contributed by atoms with E-state index in [1.165, 1.54) is 0 Å². The molecule has 0 saturated carbocycles. The molecule has 128 valence electrons. The standard InChI is InChI=1S/C21H18BrClO2/c1-14-7-9-16(10-8-14)21(24)17-11-18(22)20(12-19(17)23)25-13-15-5-3-2-4-6-15/h2-12,21,24H,13H2,1H3. The Hall–Kier alpha value is -1.81. The summed E-state index contributed by atoms with van der Waals surface area (Å²) < 4.78 is 6.61. The maximum Gasteiger partial charge on any atom is 0.135 e. The minimum absolute atomic E-state index is 0.454. The maximum absolute atomic E-state index is 10.6. The molecule has 0 bridgehead atoms. The predicted octanol–water partition coefficient (Wildman–Crippen LogP) is 6.07. The molecule has 0 fully saturated rings. The van der Waals surface area contributed by atoms with Crippen LogP contribution in [0.5, 0.6) is 5.75 Å². The Kier molecular flexibility index (Phi) is 5.79. The van der Waals surface area contributed by atoms with Crippen LogP contribution in [0, 0.1) is 6.92 Å². The van der Waals surface area contributed by atoms with Gasteiger partial charge in [0.1, 0.15) is 18.5 Å². The zero-order valence-corrected chi connectivity index (χ0v) is 16.1. The average molecular weight is 418 g/mol. The van der Waals surface area contributed by atoms with Gasteiger partial charge in [-0.15, -0.1) is 0 Å². The van der Waals surface area contributed by atoms with Crippen LogP contribution >= 0.6 is 27.5 Å². The van der Waals surface area contributed by atoms with Gasteiger partial charge in [-0.3, -0.25) is 0 Å². The Morgan fingerprint density at radius 1 is 1.04 bits per heavy atom. The Morgan fingerprint density at radius 3 is 2.40 bits per heavy atom. The summed E-state index contributed by atoms with van der Waals surface area (Å²) in [5.74, 6) is 0.647. The lowest BCUT2D eigenvalue weighted by molar-refractivity contribution is 0.220. The molecule has 0 aliphatic carbocycles. The van der Waals surface area contributed by atoms with Gasteiger partial charge in [-0.1, -0.05) is 71.8 Å². The van der Waals surface area contributed by atoms with Crippen LogP contribution in [0.4, 0.5) is 0 Å². The molecular formula is C21H18BrClO2. The van der Waals surface area contributed by atoms with Crippen LogP contribution in [0.1, 0.15) is 28.4 Å². The van der Waals surface area contributed by atoms with E-state index in [9.17, 15) is 5.11 Å². The normalized spacial score (nSPS) is 12.0. The molecule has 0 radical (unpaired) electrons. The second-order valence-electron chi connectivity index (χ2n) is 5.89. The molecule has 0 amide bonds. The minimum Gasteiger partial charge on any atom is -0.488 e. The lowest BCUT2D eigenvalue weighted by Crippen LogP contribution is -2.02. The van der Waals surface area contributed by atoms with E-state index in [1.54, 1.807) is 6.07 Å². The van der Waals surface area contributed by atoms with Gasteiger partial charge in [-0.25, -0.2) is 0 Å². The lowest BCUT2D eigenvalue weighted by Gasteiger charge is -2.16. The van der Waals surface area contributed by atoms with E-state index >= 15 is 0 Å². The fourth-order valence-corrected chi connectivity index (χ4v) is 3.26. The van der Waals surface area contributed by atoms with E-state index in [4.69, 9.17) is 16.3 Å². The lowest BCUT2D eigenvalue weighted by atomic mass is 10.0. The first-order chi connectivity index (χ1) is 12.0. The van der Waals surface area contributed by atoms with Crippen LogP contribution < -0.4 is 4.74 Å². The monoisotopic (exact) mass is 416 g/mol. The third-order valence-electron chi connectivity index (χ3n) is 3.98. The maximum atomic E-state index is 10.6. The van der Waals surface area contributed by atoms with Gasteiger partial charge in [-0.2, -0.15) is 0 Å². The molecule has 0 saturated heterocycles. The predicted molar refractivity (Wildman–Crippen MR) is 105 cm³/mol. The van der Waals surface area contributed by atoms with E-state index in [0.29, 0.717) is 22.9 Å². The van der Waals surface area contributed by atoms with Crippen molar-refractivity contribution >= 4 is 27.5 Å². The van der Waals surface area contributed by atoms with Crippen molar-refractivity contribution in [3.8, 4) is 5.75 Å². The van der Waals surface area contributed by atoms with Crippen molar-refractivity contribution in [3.63, 3.8) is 0 Å². The van der Waals surface area contributed by atoms with Gasteiger partial charge in [0.2, 0.25) is 0 Å². The number of rotatable bonds is 5. The van der Waals surface area contributed by atoms with Gasteiger partial charge < -0.3 is 9.84 Å². The average Bonchev–Trinajstić information content (AvgIpc) is 2.63. The molecule has 1 N–H and O–H groups in total. The Bertz CT molecular complexity index is 848. The summed E-state index contributed by atoms with van der Waals surface area (Å²) in [7, 11) is 0. The van der Waals surface area contributed by atoms with Crippen molar-refractivity contribution in [2.24, 2.45) is 0 Å². The summed E-state index contributed by atoms with van der Waals surface area (Å²) in [5, 5.41) is 11.1. The highest BCUT2D eigenvalue weighted by atomic mass is 79.9. The number of ether oxygens (including phenoxy) is 1. The minimum atomic E-state index is -0.785. The van der Waals surface area contributed by atoms with Crippen LogP contribution in [-0.4, -0.2) is 5.11 Å². The smallest absolute Gasteiger partial charge is 0.135 e. The Morgan fingerprint density at radius 2 is 1.72 bits per heavy atom. The van der Waals surface area contributed by atoms with Crippen molar-refractivity contribution in [3.05, 3.63) is 98.5 Å². The molecule has 0 aliphatic rings. The highest BCUT2D eigenvalue weighted by Gasteiger charge is 2.17. The van der Waals surface area contributed by atoms with Gasteiger partial charge in [0.25, 0.3) is 0 Å². The van der Waals surface area contributed by atoms with Crippen LogP contribution in [0.3, 0.4) is 0 Å². The molecule has 0 spiro atoms. The molecule has 1 atom stereocenters. The van der Waals surface area contributed by atoms with E-state index in [1.807, 2.05) is 67.6 Å². The third-order valence-corrected chi connectivity index (χ3v) is 4.92. The van der Waals surface area contributed by atoms with Crippen molar-refractivity contribution in [2.45, 2.75) is 19.6 Å². The van der Waals surface area contributed by atoms with E-state index < -0.39 is 6.10 Å². The highest BCUT2D eigenvalue weighted by molar-refractivity contribution is 9.10. The molecule has 2 nitrogen and oxygen atoms in total. The number of aryl methyl sites for hydroxylation is 1. The van der Waals surface area contributed by atoms with Gasteiger partial charge in [0.15, 0.2) is 0 Å². The van der Waals surface area contributed by atoms with Crippen LogP contribution in [-0.2, 0) is 6.61 Å². The molecule has 0 heterocycles. The first kappa shape index (κ1) is 18.0. The second-order valence-corrected chi connectivity index (χ2v) is 7.15. The number of halogens is 2. The fraction of sp³-hybridized carbons (Fsp3) is 0.143. The largest absolute Gasteiger partial charge is 0.488 e. The summed E-state index contributed by atoms with van der Waals surface area (Å²) >= 11 is 9.91. The molecule has 3 aromatic carbocycles. The molecule has 25 heavy (non-hydrogen) atoms. The highest BCUT2D eigenvalue weighted by Crippen LogP contribution is 2.36. The van der Waals surface area contributed by atoms with Crippen LogP contribution in [0.2, 0.25) is 5.02 Å². The molecule has 3 aromatic rings. The fourth-order valence-electron chi connectivity index (χ4n) is 2.53. The zero-order valence-electron chi connectivity index (χ0n) is 13.7. The number of benzene rings is 3. The van der Waals surface area contributed by atoms with Crippen LogP contribution in [0.25, 0.3) is 0 Å². The van der Waals surface area contributed by atoms with Gasteiger partial charge >= 0.3 is 0 Å². The van der Waals surface area contributed by atoms with Gasteiger partial charge in [-0.05, 0) is 40.0 Å². The molecular weight excluding hydrogens is 400 g/mol. The zero-order chi connectivity index (χ0) is 17.8. The number of hydrogen-bond donors (Lipinski definition) is 1. The topological polar surface area (TPSA) is 29.5 Å². The summed E-state index contributed by atoms with van der Waals surface area (Å²) in [6.07, 6.45) is -0.785. The molecule has 0 aliphatic heterocycles. The van der Waals surface area contributed by atoms with Crippen molar-refractivity contribution in [1.29, 1.82) is 0 Å². The summed E-state index contributed by atoms with van der Waals surface area (Å²) in [6.45, 7) is 2.47. The SMILES string of the molecule is Cc1ccc(C(O)c2cc(Br)c(OCc3ccccc3)cc2Cl)cc1.